The van der Waals surface area contributed by atoms with Crippen LogP contribution in [0.4, 0.5) is 5.69 Å². The van der Waals surface area contributed by atoms with Crippen LogP contribution < -0.4 is 5.73 Å². The average molecular weight is 264 g/mol. The van der Waals surface area contributed by atoms with Crippen LogP contribution in [0.5, 0.6) is 0 Å². The van der Waals surface area contributed by atoms with E-state index >= 15 is 0 Å². The Kier molecular flexibility index (Phi) is 4.12. The largest absolute Gasteiger partial charge is 0.396 e. The molecule has 0 spiro atoms. The fourth-order valence-corrected chi connectivity index (χ4v) is 2.29. The van der Waals surface area contributed by atoms with Crippen LogP contribution in [0.2, 0.25) is 0 Å². The van der Waals surface area contributed by atoms with Crippen molar-refractivity contribution in [3.05, 3.63) is 11.4 Å². The molecule has 0 radical (unpaired) electrons. The first-order chi connectivity index (χ1) is 9.02. The molecule has 19 heavy (non-hydrogen) atoms. The first-order valence-electron chi connectivity index (χ1n) is 7.10. The smallest absolute Gasteiger partial charge is 0.244 e. The van der Waals surface area contributed by atoms with Crippen molar-refractivity contribution in [1.29, 1.82) is 0 Å². The van der Waals surface area contributed by atoms with E-state index < -0.39 is 0 Å². The van der Waals surface area contributed by atoms with E-state index in [1.54, 1.807) is 4.68 Å². The van der Waals surface area contributed by atoms with Gasteiger partial charge in [-0.1, -0.05) is 6.92 Å². The molecule has 0 aliphatic heterocycles. The Bertz CT molecular complexity index is 462. The van der Waals surface area contributed by atoms with Crippen molar-refractivity contribution in [2.45, 2.75) is 46.6 Å². The minimum Gasteiger partial charge on any atom is -0.396 e. The van der Waals surface area contributed by atoms with Gasteiger partial charge >= 0.3 is 0 Å². The first-order valence-corrected chi connectivity index (χ1v) is 7.10. The van der Waals surface area contributed by atoms with Gasteiger partial charge in [0.25, 0.3) is 0 Å². The van der Waals surface area contributed by atoms with E-state index in [0.717, 1.165) is 36.8 Å². The lowest BCUT2D eigenvalue weighted by Crippen LogP contribution is -2.36. The van der Waals surface area contributed by atoms with Crippen LogP contribution in [-0.4, -0.2) is 33.7 Å². The molecular weight excluding hydrogens is 240 g/mol. The molecule has 1 aromatic rings. The van der Waals surface area contributed by atoms with Crippen molar-refractivity contribution in [2.75, 3.05) is 18.8 Å². The van der Waals surface area contributed by atoms with Crippen molar-refractivity contribution < 1.29 is 4.79 Å². The van der Waals surface area contributed by atoms with E-state index in [1.165, 1.54) is 12.8 Å². The summed E-state index contributed by atoms with van der Waals surface area (Å²) in [5, 5.41) is 4.33. The Morgan fingerprint density at radius 1 is 1.47 bits per heavy atom. The normalized spacial score (nSPS) is 14.7. The van der Waals surface area contributed by atoms with Crippen molar-refractivity contribution >= 4 is 11.6 Å². The van der Waals surface area contributed by atoms with E-state index in [2.05, 4.69) is 12.0 Å². The van der Waals surface area contributed by atoms with E-state index in [9.17, 15) is 4.79 Å². The summed E-state index contributed by atoms with van der Waals surface area (Å²) >= 11 is 0. The van der Waals surface area contributed by atoms with Gasteiger partial charge in [0.15, 0.2) is 0 Å². The molecule has 2 rings (SSSR count). The van der Waals surface area contributed by atoms with Crippen molar-refractivity contribution in [3.8, 4) is 0 Å². The molecule has 5 nitrogen and oxygen atoms in total. The van der Waals surface area contributed by atoms with Gasteiger partial charge in [0.1, 0.15) is 6.54 Å². The number of carbonyl (C=O) groups excluding carboxylic acids is 1. The molecule has 0 saturated heterocycles. The zero-order chi connectivity index (χ0) is 14.0. The molecule has 1 saturated carbocycles. The summed E-state index contributed by atoms with van der Waals surface area (Å²) < 4.78 is 1.72. The first kappa shape index (κ1) is 13.9. The highest BCUT2D eigenvalue weighted by molar-refractivity contribution is 5.76. The molecular formula is C14H24N4O. The number of rotatable bonds is 6. The van der Waals surface area contributed by atoms with Crippen LogP contribution in [0, 0.1) is 19.8 Å². The molecule has 0 aromatic carbocycles. The van der Waals surface area contributed by atoms with Crippen LogP contribution in [0.1, 0.15) is 37.6 Å². The summed E-state index contributed by atoms with van der Waals surface area (Å²) in [5.74, 6) is 0.875. The molecule has 106 valence electrons. The summed E-state index contributed by atoms with van der Waals surface area (Å²) in [6.45, 7) is 7.93. The van der Waals surface area contributed by atoms with Crippen LogP contribution in [0.15, 0.2) is 0 Å². The highest BCUT2D eigenvalue weighted by atomic mass is 16.2. The number of nitrogens with two attached hydrogens (primary N) is 1. The number of carbonyl (C=O) groups is 1. The van der Waals surface area contributed by atoms with Gasteiger partial charge in [0.2, 0.25) is 5.91 Å². The van der Waals surface area contributed by atoms with E-state index in [4.69, 9.17) is 5.73 Å². The Morgan fingerprint density at radius 3 is 2.63 bits per heavy atom. The monoisotopic (exact) mass is 264 g/mol. The predicted octanol–water partition coefficient (Wildman–Crippen LogP) is 1.73. The van der Waals surface area contributed by atoms with Crippen molar-refractivity contribution in [1.82, 2.24) is 14.7 Å². The molecule has 1 fully saturated rings. The lowest BCUT2D eigenvalue weighted by molar-refractivity contribution is -0.132. The highest BCUT2D eigenvalue weighted by Gasteiger charge is 2.26. The molecule has 0 unspecified atom stereocenters. The van der Waals surface area contributed by atoms with E-state index in [1.807, 2.05) is 18.7 Å². The fraction of sp³-hybridized carbons (Fsp3) is 0.714. The van der Waals surface area contributed by atoms with Gasteiger partial charge < -0.3 is 10.6 Å². The van der Waals surface area contributed by atoms with Gasteiger partial charge in [-0.15, -0.1) is 0 Å². The second kappa shape index (κ2) is 5.63. The number of aromatic nitrogens is 2. The Balaban J connectivity index is 2.02. The fourth-order valence-electron chi connectivity index (χ4n) is 2.29. The third-order valence-corrected chi connectivity index (χ3v) is 3.74. The van der Waals surface area contributed by atoms with Gasteiger partial charge in [-0.2, -0.15) is 5.10 Å². The summed E-state index contributed by atoms with van der Waals surface area (Å²) in [6, 6.07) is 0. The number of aryl methyl sites for hydroxylation is 1. The van der Waals surface area contributed by atoms with Gasteiger partial charge in [0, 0.05) is 13.1 Å². The molecule has 1 amide bonds. The molecule has 1 aliphatic carbocycles. The summed E-state index contributed by atoms with van der Waals surface area (Å²) in [6.07, 6.45) is 3.53. The number of nitrogen functional groups attached to an aromatic ring is 1. The number of anilines is 1. The van der Waals surface area contributed by atoms with E-state index in [-0.39, 0.29) is 5.91 Å². The van der Waals surface area contributed by atoms with Gasteiger partial charge in [-0.05, 0) is 39.0 Å². The minimum absolute atomic E-state index is 0.152. The zero-order valence-electron chi connectivity index (χ0n) is 12.1. The minimum atomic E-state index is 0.152. The number of amides is 1. The molecule has 5 heteroatoms. The predicted molar refractivity (Wildman–Crippen MR) is 75.7 cm³/mol. The standard InChI is InChI=1S/C14H24N4O/c1-4-7-17(8-12-5-6-12)13(19)9-18-11(3)14(15)10(2)16-18/h12H,4-9,15H2,1-3H3. The maximum atomic E-state index is 12.4. The second-order valence-electron chi connectivity index (χ2n) is 5.53. The average Bonchev–Trinajstić information content (AvgIpc) is 3.15. The second-order valence-corrected chi connectivity index (χ2v) is 5.53. The van der Waals surface area contributed by atoms with Crippen LogP contribution in [-0.2, 0) is 11.3 Å². The maximum Gasteiger partial charge on any atom is 0.244 e. The molecule has 0 bridgehead atoms. The SMILES string of the molecule is CCCN(CC1CC1)C(=O)Cn1nc(C)c(N)c1C. The number of hydrogen-bond acceptors (Lipinski definition) is 3. The van der Waals surface area contributed by atoms with Crippen molar-refractivity contribution in [2.24, 2.45) is 5.92 Å². The van der Waals surface area contributed by atoms with Gasteiger partial charge in [-0.25, -0.2) is 0 Å². The Hall–Kier alpha value is -1.52. The molecule has 1 heterocycles. The van der Waals surface area contributed by atoms with Crippen LogP contribution >= 0.6 is 0 Å². The van der Waals surface area contributed by atoms with Crippen LogP contribution in [0.3, 0.4) is 0 Å². The number of hydrogen-bond donors (Lipinski definition) is 1. The highest BCUT2D eigenvalue weighted by Crippen LogP contribution is 2.29. The van der Waals surface area contributed by atoms with E-state index in [0.29, 0.717) is 12.2 Å². The number of nitrogens with zero attached hydrogens (tertiary/aromatic N) is 3. The van der Waals surface area contributed by atoms with Gasteiger partial charge in [-0.3, -0.25) is 9.48 Å². The van der Waals surface area contributed by atoms with Gasteiger partial charge in [0.05, 0.1) is 17.1 Å². The molecule has 0 atom stereocenters. The third-order valence-electron chi connectivity index (χ3n) is 3.74. The summed E-state index contributed by atoms with van der Waals surface area (Å²) in [5.41, 5.74) is 8.27. The Morgan fingerprint density at radius 2 is 2.16 bits per heavy atom. The lowest BCUT2D eigenvalue weighted by atomic mass is 10.3. The molecule has 2 N–H and O–H groups in total. The zero-order valence-corrected chi connectivity index (χ0v) is 12.1. The summed E-state index contributed by atoms with van der Waals surface area (Å²) in [7, 11) is 0. The molecule has 1 aromatic heterocycles. The van der Waals surface area contributed by atoms with Crippen molar-refractivity contribution in [3.63, 3.8) is 0 Å². The third kappa shape index (κ3) is 3.28. The quantitative estimate of drug-likeness (QED) is 0.851. The van der Waals surface area contributed by atoms with Crippen LogP contribution in [0.25, 0.3) is 0 Å². The topological polar surface area (TPSA) is 64.2 Å². The Labute approximate surface area is 114 Å². The maximum absolute atomic E-state index is 12.4. The summed E-state index contributed by atoms with van der Waals surface area (Å²) in [4.78, 5) is 14.3. The molecule has 1 aliphatic rings. The lowest BCUT2D eigenvalue weighted by Gasteiger charge is -2.22.